The number of methoxy groups -OCH3 is 1. The lowest BCUT2D eigenvalue weighted by Crippen LogP contribution is -2.81. The normalized spacial score (nSPS) is 45.1. The van der Waals surface area contributed by atoms with Crippen molar-refractivity contribution in [2.24, 2.45) is 0 Å². The largest absolute Gasteiger partial charge is 0.497 e. The van der Waals surface area contributed by atoms with Crippen LogP contribution in [0.15, 0.2) is 24.3 Å². The molecule has 0 amide bonds. The Kier molecular flexibility index (Phi) is 6.89. The van der Waals surface area contributed by atoms with Gasteiger partial charge in [0.2, 0.25) is 12.1 Å². The van der Waals surface area contributed by atoms with Crippen molar-refractivity contribution in [2.45, 2.75) is 73.6 Å². The third kappa shape index (κ3) is 4.11. The standard InChI is InChI=1S/C22H35N3O8/c1-11-9-21(28,10-25-12-5-7-13(30-4)8-6-12)22(29)20(31-11)32-19-17(27)14(23-2)16(26)15(24-3)18(19)33-22/h5-8,11,14-20,23-29H,9-10H2,1-4H3/t11-,14-,15+,16+,17+,18-,19-,20+,21-,22-/m1/s1. The lowest BCUT2D eigenvalue weighted by Gasteiger charge is -2.60. The molecule has 4 rings (SSSR count). The van der Waals surface area contributed by atoms with Crippen molar-refractivity contribution in [3.8, 4) is 5.75 Å². The van der Waals surface area contributed by atoms with E-state index >= 15 is 0 Å². The van der Waals surface area contributed by atoms with E-state index in [1.165, 1.54) is 0 Å². The number of aliphatic hydroxyl groups excluding tert-OH is 2. The predicted octanol–water partition coefficient (Wildman–Crippen LogP) is -1.64. The average molecular weight is 470 g/mol. The van der Waals surface area contributed by atoms with Crippen molar-refractivity contribution in [3.63, 3.8) is 0 Å². The first-order chi connectivity index (χ1) is 15.7. The van der Waals surface area contributed by atoms with Crippen molar-refractivity contribution in [3.05, 3.63) is 24.3 Å². The van der Waals surface area contributed by atoms with E-state index in [4.69, 9.17) is 18.9 Å². The Morgan fingerprint density at radius 1 is 1.00 bits per heavy atom. The van der Waals surface area contributed by atoms with E-state index in [-0.39, 0.29) is 13.0 Å². The van der Waals surface area contributed by atoms with Crippen LogP contribution in [0.4, 0.5) is 5.69 Å². The smallest absolute Gasteiger partial charge is 0.250 e. The molecule has 1 aliphatic carbocycles. The van der Waals surface area contributed by atoms with Gasteiger partial charge in [0, 0.05) is 18.7 Å². The molecule has 3 aliphatic rings. The molecule has 2 heterocycles. The van der Waals surface area contributed by atoms with Crippen LogP contribution >= 0.6 is 0 Å². The summed E-state index contributed by atoms with van der Waals surface area (Å²) < 4.78 is 23.1. The molecule has 0 bridgehead atoms. The summed E-state index contributed by atoms with van der Waals surface area (Å²) in [6, 6.07) is 5.78. The zero-order valence-electron chi connectivity index (χ0n) is 19.3. The molecule has 1 aromatic rings. The molecule has 3 fully saturated rings. The maximum Gasteiger partial charge on any atom is 0.250 e. The summed E-state index contributed by atoms with van der Waals surface area (Å²) in [6.07, 6.45) is -5.74. The van der Waals surface area contributed by atoms with Crippen molar-refractivity contribution < 1.29 is 39.4 Å². The highest BCUT2D eigenvalue weighted by Gasteiger charge is 2.68. The number of anilines is 1. The SMILES string of the molecule is CN[C@@H]1[C@H](O)[C@H](NC)[C@H]2O[C@]3(O)[C@H](O[C@@H]2[C@H]1O)O[C@H](C)C[C@@]3(O)CNc1ccc(OC)cc1. The Labute approximate surface area is 193 Å². The highest BCUT2D eigenvalue weighted by molar-refractivity contribution is 5.46. The van der Waals surface area contributed by atoms with E-state index in [9.17, 15) is 20.4 Å². The molecule has 1 saturated carbocycles. The van der Waals surface area contributed by atoms with Gasteiger partial charge in [-0.25, -0.2) is 0 Å². The van der Waals surface area contributed by atoms with Crippen LogP contribution in [0.2, 0.25) is 0 Å². The maximum absolute atomic E-state index is 11.7. The first-order valence-electron chi connectivity index (χ1n) is 11.2. The van der Waals surface area contributed by atoms with Crippen LogP contribution in [-0.4, -0.2) is 108 Å². The van der Waals surface area contributed by atoms with Crippen LogP contribution in [0.25, 0.3) is 0 Å². The molecule has 0 radical (unpaired) electrons. The van der Waals surface area contributed by atoms with Gasteiger partial charge in [-0.2, -0.15) is 0 Å². The average Bonchev–Trinajstić information content (AvgIpc) is 2.79. The van der Waals surface area contributed by atoms with Crippen LogP contribution in [-0.2, 0) is 14.2 Å². The zero-order chi connectivity index (χ0) is 24.0. The summed E-state index contributed by atoms with van der Waals surface area (Å²) in [5.41, 5.74) is -1.08. The minimum Gasteiger partial charge on any atom is -0.497 e. The van der Waals surface area contributed by atoms with Gasteiger partial charge in [0.1, 0.15) is 29.7 Å². The number of benzene rings is 1. The van der Waals surface area contributed by atoms with Gasteiger partial charge in [-0.3, -0.25) is 0 Å². The second kappa shape index (κ2) is 9.25. The van der Waals surface area contributed by atoms with Gasteiger partial charge in [0.15, 0.2) is 0 Å². The molecule has 11 nitrogen and oxygen atoms in total. The Bertz CT molecular complexity index is 815. The molecular weight excluding hydrogens is 434 g/mol. The van der Waals surface area contributed by atoms with Gasteiger partial charge in [0.25, 0.3) is 0 Å². The first kappa shape index (κ1) is 24.6. The van der Waals surface area contributed by atoms with Crippen molar-refractivity contribution in [2.75, 3.05) is 33.1 Å². The topological polar surface area (TPSA) is 154 Å². The maximum atomic E-state index is 11.7. The van der Waals surface area contributed by atoms with Gasteiger partial charge in [-0.05, 0) is 45.3 Å². The van der Waals surface area contributed by atoms with E-state index in [1.807, 2.05) is 0 Å². The van der Waals surface area contributed by atoms with Gasteiger partial charge < -0.3 is 55.3 Å². The third-order valence-electron chi connectivity index (χ3n) is 7.02. The Morgan fingerprint density at radius 2 is 1.67 bits per heavy atom. The molecular formula is C22H35N3O8. The van der Waals surface area contributed by atoms with Crippen LogP contribution in [0, 0.1) is 0 Å². The molecule has 2 aliphatic heterocycles. The second-order valence-corrected chi connectivity index (χ2v) is 9.09. The van der Waals surface area contributed by atoms with Gasteiger partial charge >= 0.3 is 0 Å². The van der Waals surface area contributed by atoms with Gasteiger partial charge in [-0.15, -0.1) is 0 Å². The minimum atomic E-state index is -2.25. The molecule has 7 N–H and O–H groups in total. The van der Waals surface area contributed by atoms with Crippen LogP contribution in [0.1, 0.15) is 13.3 Å². The Hall–Kier alpha value is -1.54. The molecule has 1 aromatic carbocycles. The summed E-state index contributed by atoms with van der Waals surface area (Å²) in [5, 5.41) is 53.9. The molecule has 11 heteroatoms. The fourth-order valence-corrected chi connectivity index (χ4v) is 5.19. The number of hydrogen-bond acceptors (Lipinski definition) is 11. The number of fused-ring (bicyclic) bond motifs is 2. The molecule has 0 spiro atoms. The lowest BCUT2D eigenvalue weighted by molar-refractivity contribution is -0.481. The van der Waals surface area contributed by atoms with Crippen LogP contribution < -0.4 is 20.7 Å². The Balaban J connectivity index is 1.60. The van der Waals surface area contributed by atoms with Crippen LogP contribution in [0.5, 0.6) is 5.75 Å². The fourth-order valence-electron chi connectivity index (χ4n) is 5.19. The fraction of sp³-hybridized carbons (Fsp3) is 0.727. The molecule has 0 aromatic heterocycles. The lowest BCUT2D eigenvalue weighted by atomic mass is 9.77. The van der Waals surface area contributed by atoms with E-state index in [1.54, 1.807) is 52.4 Å². The number of nitrogens with one attached hydrogen (secondary N) is 3. The van der Waals surface area contributed by atoms with Crippen molar-refractivity contribution in [1.29, 1.82) is 0 Å². The Morgan fingerprint density at radius 3 is 2.27 bits per heavy atom. The van der Waals surface area contributed by atoms with Gasteiger partial charge in [-0.1, -0.05) is 0 Å². The number of aliphatic hydroxyl groups is 4. The van der Waals surface area contributed by atoms with E-state index in [2.05, 4.69) is 16.0 Å². The van der Waals surface area contributed by atoms with E-state index in [0.29, 0.717) is 11.4 Å². The highest BCUT2D eigenvalue weighted by atomic mass is 16.8. The monoisotopic (exact) mass is 469 g/mol. The summed E-state index contributed by atoms with van der Waals surface area (Å²) in [5.74, 6) is -1.55. The van der Waals surface area contributed by atoms with Gasteiger partial charge in [0.05, 0.1) is 31.4 Å². The summed E-state index contributed by atoms with van der Waals surface area (Å²) in [6.45, 7) is 1.70. The molecule has 2 saturated heterocycles. The number of hydrogen-bond donors (Lipinski definition) is 7. The van der Waals surface area contributed by atoms with E-state index < -0.39 is 60.3 Å². The molecule has 0 unspecified atom stereocenters. The predicted molar refractivity (Wildman–Crippen MR) is 118 cm³/mol. The molecule has 33 heavy (non-hydrogen) atoms. The van der Waals surface area contributed by atoms with E-state index in [0.717, 1.165) is 0 Å². The third-order valence-corrected chi connectivity index (χ3v) is 7.02. The first-order valence-corrected chi connectivity index (χ1v) is 11.2. The van der Waals surface area contributed by atoms with Crippen molar-refractivity contribution in [1.82, 2.24) is 10.6 Å². The minimum absolute atomic E-state index is 0.0603. The van der Waals surface area contributed by atoms with Crippen molar-refractivity contribution >= 4 is 5.69 Å². The summed E-state index contributed by atoms with van der Waals surface area (Å²) >= 11 is 0. The molecule has 186 valence electrons. The van der Waals surface area contributed by atoms with Crippen LogP contribution in [0.3, 0.4) is 0 Å². The number of ether oxygens (including phenoxy) is 4. The second-order valence-electron chi connectivity index (χ2n) is 9.09. The quantitative estimate of drug-likeness (QED) is 0.257. The summed E-state index contributed by atoms with van der Waals surface area (Å²) in [4.78, 5) is 0. The summed E-state index contributed by atoms with van der Waals surface area (Å²) in [7, 11) is 4.85. The molecule has 10 atom stereocenters. The number of likely N-dealkylation sites (N-methyl/N-ethyl adjacent to an activating group) is 2. The zero-order valence-corrected chi connectivity index (χ0v) is 19.3. The highest BCUT2D eigenvalue weighted by Crippen LogP contribution is 2.46. The number of rotatable bonds is 6.